The summed E-state index contributed by atoms with van der Waals surface area (Å²) in [6, 6.07) is 4.03. The smallest absolute Gasteiger partial charge is 0.175 e. The van der Waals surface area contributed by atoms with Crippen LogP contribution < -0.4 is 5.32 Å². The van der Waals surface area contributed by atoms with E-state index in [-0.39, 0.29) is 0 Å². The molecule has 12 heavy (non-hydrogen) atoms. The molecule has 0 aromatic carbocycles. The van der Waals surface area contributed by atoms with E-state index < -0.39 is 8.07 Å². The second-order valence-electron chi connectivity index (χ2n) is 2.63. The number of nitrogens with one attached hydrogen (secondary N) is 1. The zero-order valence-electron chi connectivity index (χ0n) is 7.09. The molecule has 1 aromatic rings. The van der Waals surface area contributed by atoms with Crippen molar-refractivity contribution in [1.82, 2.24) is 4.98 Å². The van der Waals surface area contributed by atoms with Gasteiger partial charge in [0.25, 0.3) is 0 Å². The molecule has 0 amide bonds. The van der Waals surface area contributed by atoms with E-state index in [0.717, 1.165) is 0 Å². The van der Waals surface area contributed by atoms with Gasteiger partial charge in [0.05, 0.1) is 0 Å². The van der Waals surface area contributed by atoms with Crippen LogP contribution in [0, 0.1) is 0 Å². The predicted molar refractivity (Wildman–Crippen MR) is 56.8 cm³/mol. The first-order valence-corrected chi connectivity index (χ1v) is 6.07. The first-order chi connectivity index (χ1) is 5.79. The van der Waals surface area contributed by atoms with Gasteiger partial charge in [-0.1, -0.05) is 17.1 Å². The number of hydrogen-bond donors (Lipinski definition) is 1. The second-order valence-corrected chi connectivity index (χ2v) is 6.26. The molecular formula is C10H13NSi. The van der Waals surface area contributed by atoms with E-state index in [0.29, 0.717) is 0 Å². The van der Waals surface area contributed by atoms with Gasteiger partial charge in [0.1, 0.15) is 0 Å². The van der Waals surface area contributed by atoms with Crippen LogP contribution in [0.15, 0.2) is 55.2 Å². The van der Waals surface area contributed by atoms with Gasteiger partial charge in [0.2, 0.25) is 0 Å². The van der Waals surface area contributed by atoms with Crippen molar-refractivity contribution in [3.8, 4) is 0 Å². The van der Waals surface area contributed by atoms with Gasteiger partial charge < -0.3 is 4.98 Å². The molecule has 0 radical (unpaired) electrons. The third-order valence-corrected chi connectivity index (χ3v) is 5.35. The van der Waals surface area contributed by atoms with E-state index in [4.69, 9.17) is 0 Å². The maximum absolute atomic E-state index is 3.83. The molecule has 0 saturated heterocycles. The SMILES string of the molecule is C=C[Si](C=C)(C=C)c1ccc[nH]1. The van der Waals surface area contributed by atoms with E-state index in [9.17, 15) is 0 Å². The molecule has 62 valence electrons. The van der Waals surface area contributed by atoms with Gasteiger partial charge in [0.15, 0.2) is 8.07 Å². The molecule has 0 bridgehead atoms. The zero-order chi connectivity index (χ0) is 9.03. The van der Waals surface area contributed by atoms with Crippen molar-refractivity contribution in [2.24, 2.45) is 0 Å². The van der Waals surface area contributed by atoms with Gasteiger partial charge in [-0.15, -0.1) is 19.7 Å². The highest BCUT2D eigenvalue weighted by molar-refractivity contribution is 7.03. The molecule has 0 spiro atoms. The molecule has 0 aliphatic carbocycles. The summed E-state index contributed by atoms with van der Waals surface area (Å²) in [5.41, 5.74) is 5.87. The van der Waals surface area contributed by atoms with Crippen LogP contribution in [-0.2, 0) is 0 Å². The average molecular weight is 175 g/mol. The summed E-state index contributed by atoms with van der Waals surface area (Å²) in [6.07, 6.45) is 1.91. The van der Waals surface area contributed by atoms with Crippen molar-refractivity contribution in [3.05, 3.63) is 55.2 Å². The Morgan fingerprint density at radius 2 is 1.75 bits per heavy atom. The molecule has 1 N–H and O–H groups in total. The third kappa shape index (κ3) is 1.21. The van der Waals surface area contributed by atoms with Crippen LogP contribution in [0.3, 0.4) is 0 Å². The maximum atomic E-state index is 3.83. The Morgan fingerprint density at radius 3 is 2.08 bits per heavy atom. The first kappa shape index (κ1) is 8.81. The Labute approximate surface area is 74.1 Å². The van der Waals surface area contributed by atoms with Crippen LogP contribution in [0.1, 0.15) is 0 Å². The summed E-state index contributed by atoms with van der Waals surface area (Å²) in [5.74, 6) is 0. The molecule has 0 aliphatic heterocycles. The van der Waals surface area contributed by atoms with Crippen molar-refractivity contribution < 1.29 is 0 Å². The molecule has 1 heterocycles. The summed E-state index contributed by atoms with van der Waals surface area (Å²) in [6.45, 7) is 11.5. The van der Waals surface area contributed by atoms with Gasteiger partial charge in [0, 0.05) is 11.5 Å². The highest BCUT2D eigenvalue weighted by atomic mass is 28.3. The lowest BCUT2D eigenvalue weighted by molar-refractivity contribution is 1.46. The lowest BCUT2D eigenvalue weighted by Crippen LogP contribution is -2.43. The molecule has 0 fully saturated rings. The van der Waals surface area contributed by atoms with Crippen molar-refractivity contribution in [3.63, 3.8) is 0 Å². The Bertz CT molecular complexity index is 263. The lowest BCUT2D eigenvalue weighted by Gasteiger charge is -2.17. The lowest BCUT2D eigenvalue weighted by atomic mass is 10.7. The molecule has 1 nitrogen and oxygen atoms in total. The highest BCUT2D eigenvalue weighted by Gasteiger charge is 2.24. The molecule has 0 saturated carbocycles. The second kappa shape index (κ2) is 3.41. The minimum atomic E-state index is -1.81. The Balaban J connectivity index is 3.18. The van der Waals surface area contributed by atoms with Gasteiger partial charge >= 0.3 is 0 Å². The van der Waals surface area contributed by atoms with E-state index >= 15 is 0 Å². The number of aromatic nitrogens is 1. The van der Waals surface area contributed by atoms with Crippen LogP contribution in [0.5, 0.6) is 0 Å². The Hall–Kier alpha value is -1.28. The largest absolute Gasteiger partial charge is 0.368 e. The molecule has 2 heteroatoms. The van der Waals surface area contributed by atoms with Crippen molar-refractivity contribution in [2.45, 2.75) is 0 Å². The standard InChI is InChI=1S/C10H13NSi/c1-4-12(5-2,6-3)10-8-7-9-11-10/h4-9,11H,1-3H2. The molecular weight excluding hydrogens is 162 g/mol. The van der Waals surface area contributed by atoms with Crippen molar-refractivity contribution in [1.29, 1.82) is 0 Å². The Morgan fingerprint density at radius 1 is 1.17 bits per heavy atom. The monoisotopic (exact) mass is 175 g/mol. The molecule has 1 rings (SSSR count). The summed E-state index contributed by atoms with van der Waals surface area (Å²) in [4.78, 5) is 3.18. The van der Waals surface area contributed by atoms with Crippen LogP contribution in [0.25, 0.3) is 0 Å². The quantitative estimate of drug-likeness (QED) is 0.672. The van der Waals surface area contributed by atoms with Crippen LogP contribution >= 0.6 is 0 Å². The fraction of sp³-hybridized carbons (Fsp3) is 0. The topological polar surface area (TPSA) is 15.8 Å². The zero-order valence-corrected chi connectivity index (χ0v) is 8.09. The number of aromatic amines is 1. The van der Waals surface area contributed by atoms with Crippen LogP contribution in [0.4, 0.5) is 0 Å². The van der Waals surface area contributed by atoms with Gasteiger partial charge in [-0.2, -0.15) is 0 Å². The minimum absolute atomic E-state index is 1.18. The summed E-state index contributed by atoms with van der Waals surface area (Å²) >= 11 is 0. The van der Waals surface area contributed by atoms with Gasteiger partial charge in [-0.05, 0) is 12.1 Å². The van der Waals surface area contributed by atoms with Crippen molar-refractivity contribution in [2.75, 3.05) is 0 Å². The third-order valence-electron chi connectivity index (χ3n) is 2.08. The normalized spacial score (nSPS) is 10.7. The fourth-order valence-corrected chi connectivity index (χ4v) is 3.06. The number of rotatable bonds is 4. The summed E-state index contributed by atoms with van der Waals surface area (Å²) < 4.78 is 0. The highest BCUT2D eigenvalue weighted by Crippen LogP contribution is 2.06. The van der Waals surface area contributed by atoms with Crippen LogP contribution in [0.2, 0.25) is 0 Å². The van der Waals surface area contributed by atoms with E-state index in [2.05, 4.69) is 30.8 Å². The summed E-state index contributed by atoms with van der Waals surface area (Å²) in [5, 5.41) is 1.18. The first-order valence-electron chi connectivity index (χ1n) is 3.83. The van der Waals surface area contributed by atoms with E-state index in [1.165, 1.54) is 5.32 Å². The number of H-pyrrole nitrogens is 1. The average Bonchev–Trinajstić information content (AvgIpc) is 2.62. The fourth-order valence-electron chi connectivity index (χ4n) is 1.18. The number of hydrogen-bond acceptors (Lipinski definition) is 0. The minimum Gasteiger partial charge on any atom is -0.368 e. The van der Waals surface area contributed by atoms with Gasteiger partial charge in [-0.3, -0.25) is 0 Å². The molecule has 0 atom stereocenters. The van der Waals surface area contributed by atoms with Crippen molar-refractivity contribution >= 4 is 13.4 Å². The molecule has 0 aliphatic rings. The summed E-state index contributed by atoms with van der Waals surface area (Å²) in [7, 11) is -1.81. The maximum Gasteiger partial charge on any atom is 0.175 e. The molecule has 0 unspecified atom stereocenters. The Kier molecular flexibility index (Phi) is 2.50. The molecule has 1 aromatic heterocycles. The van der Waals surface area contributed by atoms with E-state index in [1.807, 2.05) is 29.4 Å². The van der Waals surface area contributed by atoms with E-state index in [1.54, 1.807) is 0 Å². The predicted octanol–water partition coefficient (Wildman–Crippen LogP) is 1.85. The van der Waals surface area contributed by atoms with Crippen LogP contribution in [-0.4, -0.2) is 13.1 Å². The van der Waals surface area contributed by atoms with Gasteiger partial charge in [-0.25, -0.2) is 0 Å².